The van der Waals surface area contributed by atoms with Gasteiger partial charge in [0.1, 0.15) is 11.6 Å². The Morgan fingerprint density at radius 1 is 1.20 bits per heavy atom. The van der Waals surface area contributed by atoms with Gasteiger partial charge in [0.2, 0.25) is 5.88 Å². The summed E-state index contributed by atoms with van der Waals surface area (Å²) in [7, 11) is 1.54. The molecule has 35 heavy (non-hydrogen) atoms. The van der Waals surface area contributed by atoms with Gasteiger partial charge in [-0.2, -0.15) is 5.10 Å². The number of fused-ring (bicyclic) bond motifs is 2. The van der Waals surface area contributed by atoms with Gasteiger partial charge in [-0.15, -0.1) is 0 Å². The summed E-state index contributed by atoms with van der Waals surface area (Å²) in [5.74, 6) is 1.23. The number of nitrogens with one attached hydrogen (secondary N) is 1. The molecule has 0 radical (unpaired) electrons. The lowest BCUT2D eigenvalue weighted by Gasteiger charge is -2.18. The number of ether oxygens (including phenoxy) is 2. The molecule has 1 aliphatic heterocycles. The SMILES string of the molecule is COc1ccc(C(CC(=O)O)n2ncc3c(OCCc4ccc5c(n4)NCCC5)cccc32)cn1. The van der Waals surface area contributed by atoms with Crippen molar-refractivity contribution >= 4 is 22.7 Å². The molecule has 5 rings (SSSR count). The topological polar surface area (TPSA) is 111 Å². The van der Waals surface area contributed by atoms with Crippen molar-refractivity contribution in [2.45, 2.75) is 31.7 Å². The minimum absolute atomic E-state index is 0.131. The number of hydrogen-bond donors (Lipinski definition) is 2. The number of pyridine rings is 2. The lowest BCUT2D eigenvalue weighted by Crippen LogP contribution is -2.16. The summed E-state index contributed by atoms with van der Waals surface area (Å²) in [6.07, 6.45) is 6.09. The normalized spacial score (nSPS) is 13.6. The second-order valence-corrected chi connectivity index (χ2v) is 8.46. The molecule has 2 N–H and O–H groups in total. The zero-order valence-corrected chi connectivity index (χ0v) is 19.5. The van der Waals surface area contributed by atoms with E-state index in [1.54, 1.807) is 23.1 Å². The van der Waals surface area contributed by atoms with E-state index >= 15 is 0 Å². The first-order chi connectivity index (χ1) is 17.1. The molecule has 9 heteroatoms. The number of rotatable bonds is 9. The van der Waals surface area contributed by atoms with Crippen LogP contribution >= 0.6 is 0 Å². The number of methoxy groups -OCH3 is 1. The Kier molecular flexibility index (Phi) is 6.47. The predicted octanol–water partition coefficient (Wildman–Crippen LogP) is 3.88. The summed E-state index contributed by atoms with van der Waals surface area (Å²) in [5, 5.41) is 18.3. The molecular weight excluding hydrogens is 446 g/mol. The first-order valence-corrected chi connectivity index (χ1v) is 11.7. The number of carboxylic acids is 1. The number of aryl methyl sites for hydroxylation is 1. The maximum absolute atomic E-state index is 11.6. The van der Waals surface area contributed by atoms with Gasteiger partial charge < -0.3 is 19.9 Å². The molecule has 4 aromatic rings. The van der Waals surface area contributed by atoms with E-state index in [0.717, 1.165) is 47.4 Å². The van der Waals surface area contributed by atoms with Crippen LogP contribution in [0.3, 0.4) is 0 Å². The number of aliphatic carboxylic acids is 1. The zero-order valence-electron chi connectivity index (χ0n) is 19.5. The van der Waals surface area contributed by atoms with Crippen molar-refractivity contribution in [3.05, 3.63) is 71.7 Å². The Labute approximate surface area is 202 Å². The summed E-state index contributed by atoms with van der Waals surface area (Å²) >= 11 is 0. The molecule has 0 spiro atoms. The van der Waals surface area contributed by atoms with Crippen LogP contribution in [0.25, 0.3) is 10.9 Å². The predicted molar refractivity (Wildman–Crippen MR) is 131 cm³/mol. The molecule has 1 unspecified atom stereocenters. The molecule has 9 nitrogen and oxygen atoms in total. The van der Waals surface area contributed by atoms with Gasteiger partial charge in [0, 0.05) is 30.9 Å². The molecule has 3 aromatic heterocycles. The maximum atomic E-state index is 11.6. The third-order valence-electron chi connectivity index (χ3n) is 6.19. The molecule has 0 saturated heterocycles. The summed E-state index contributed by atoms with van der Waals surface area (Å²) in [4.78, 5) is 20.6. The van der Waals surface area contributed by atoms with Crippen molar-refractivity contribution in [2.75, 3.05) is 25.6 Å². The zero-order chi connectivity index (χ0) is 24.2. The fourth-order valence-corrected chi connectivity index (χ4v) is 4.41. The van der Waals surface area contributed by atoms with E-state index in [1.807, 2.05) is 24.3 Å². The van der Waals surface area contributed by atoms with E-state index < -0.39 is 12.0 Å². The van der Waals surface area contributed by atoms with Gasteiger partial charge in [-0.25, -0.2) is 9.97 Å². The smallest absolute Gasteiger partial charge is 0.305 e. The van der Waals surface area contributed by atoms with Crippen molar-refractivity contribution in [2.24, 2.45) is 0 Å². The van der Waals surface area contributed by atoms with E-state index in [-0.39, 0.29) is 6.42 Å². The molecule has 1 aromatic carbocycles. The summed E-state index contributed by atoms with van der Waals surface area (Å²) < 4.78 is 13.0. The molecule has 0 amide bonds. The number of carboxylic acid groups (broad SMARTS) is 1. The highest BCUT2D eigenvalue weighted by molar-refractivity contribution is 5.85. The van der Waals surface area contributed by atoms with Crippen molar-refractivity contribution in [1.29, 1.82) is 0 Å². The van der Waals surface area contributed by atoms with Gasteiger partial charge in [0.15, 0.2) is 0 Å². The fraction of sp³-hybridized carbons (Fsp3) is 0.308. The van der Waals surface area contributed by atoms with Gasteiger partial charge in [-0.1, -0.05) is 12.1 Å². The van der Waals surface area contributed by atoms with Gasteiger partial charge >= 0.3 is 5.97 Å². The van der Waals surface area contributed by atoms with Crippen LogP contribution in [0.2, 0.25) is 0 Å². The second kappa shape index (κ2) is 10.0. The fourth-order valence-electron chi connectivity index (χ4n) is 4.41. The molecule has 0 aliphatic carbocycles. The molecule has 1 aliphatic rings. The van der Waals surface area contributed by atoms with E-state index in [0.29, 0.717) is 24.7 Å². The molecule has 0 bridgehead atoms. The van der Waals surface area contributed by atoms with Crippen molar-refractivity contribution < 1.29 is 19.4 Å². The average molecular weight is 474 g/mol. The van der Waals surface area contributed by atoms with E-state index in [2.05, 4.69) is 27.5 Å². The Morgan fingerprint density at radius 2 is 2.11 bits per heavy atom. The van der Waals surface area contributed by atoms with Crippen LogP contribution in [-0.4, -0.2) is 51.1 Å². The third-order valence-corrected chi connectivity index (χ3v) is 6.19. The lowest BCUT2D eigenvalue weighted by molar-refractivity contribution is -0.137. The Morgan fingerprint density at radius 3 is 2.91 bits per heavy atom. The van der Waals surface area contributed by atoms with E-state index in [9.17, 15) is 9.90 Å². The van der Waals surface area contributed by atoms with Gasteiger partial charge in [0.05, 0.1) is 43.3 Å². The van der Waals surface area contributed by atoms with Crippen LogP contribution in [0.1, 0.15) is 35.7 Å². The minimum atomic E-state index is -0.922. The number of benzene rings is 1. The molecule has 0 saturated carbocycles. The van der Waals surface area contributed by atoms with Crippen LogP contribution in [0.15, 0.2) is 54.9 Å². The summed E-state index contributed by atoms with van der Waals surface area (Å²) in [6, 6.07) is 12.9. The molecule has 4 heterocycles. The third kappa shape index (κ3) is 4.89. The number of hydrogen-bond acceptors (Lipinski definition) is 7. The molecular formula is C26H27N5O4. The van der Waals surface area contributed by atoms with E-state index in [1.165, 1.54) is 12.7 Å². The molecule has 0 fully saturated rings. The largest absolute Gasteiger partial charge is 0.492 e. The Bertz CT molecular complexity index is 1340. The van der Waals surface area contributed by atoms with Crippen molar-refractivity contribution in [3.63, 3.8) is 0 Å². The first-order valence-electron chi connectivity index (χ1n) is 11.7. The number of carbonyl (C=O) groups is 1. The average Bonchev–Trinajstić information content (AvgIpc) is 3.32. The van der Waals surface area contributed by atoms with Gasteiger partial charge in [-0.3, -0.25) is 9.48 Å². The van der Waals surface area contributed by atoms with Crippen LogP contribution in [0.5, 0.6) is 11.6 Å². The quantitative estimate of drug-likeness (QED) is 0.377. The van der Waals surface area contributed by atoms with Crippen LogP contribution in [0, 0.1) is 0 Å². The molecule has 180 valence electrons. The second-order valence-electron chi connectivity index (χ2n) is 8.46. The van der Waals surface area contributed by atoms with Crippen molar-refractivity contribution in [3.8, 4) is 11.6 Å². The Balaban J connectivity index is 1.36. The summed E-state index contributed by atoms with van der Waals surface area (Å²) in [6.45, 7) is 1.43. The van der Waals surface area contributed by atoms with Crippen molar-refractivity contribution in [1.82, 2.24) is 19.7 Å². The van der Waals surface area contributed by atoms with E-state index in [4.69, 9.17) is 14.5 Å². The van der Waals surface area contributed by atoms with Gasteiger partial charge in [-0.05, 0) is 48.2 Å². The highest BCUT2D eigenvalue weighted by Crippen LogP contribution is 2.31. The molecule has 1 atom stereocenters. The lowest BCUT2D eigenvalue weighted by atomic mass is 10.1. The number of anilines is 1. The highest BCUT2D eigenvalue weighted by atomic mass is 16.5. The highest BCUT2D eigenvalue weighted by Gasteiger charge is 2.22. The van der Waals surface area contributed by atoms with Crippen LogP contribution in [-0.2, 0) is 17.6 Å². The van der Waals surface area contributed by atoms with Crippen LogP contribution in [0.4, 0.5) is 5.82 Å². The van der Waals surface area contributed by atoms with Crippen LogP contribution < -0.4 is 14.8 Å². The number of aromatic nitrogens is 4. The summed E-state index contributed by atoms with van der Waals surface area (Å²) in [5.41, 5.74) is 3.77. The minimum Gasteiger partial charge on any atom is -0.492 e. The standard InChI is InChI=1S/C26H27N5O4/c1-34-24-10-8-18(15-28-24)22(14-25(32)33)31-21-5-2-6-23(20(21)16-29-31)35-13-11-19-9-7-17-4-3-12-27-26(17)30-19/h2,5-10,15-16,22H,3-4,11-14H2,1H3,(H,27,30)(H,32,33). The first kappa shape index (κ1) is 22.6. The maximum Gasteiger partial charge on any atom is 0.305 e. The Hall–Kier alpha value is -4.14. The number of nitrogens with zero attached hydrogens (tertiary/aromatic N) is 4. The monoisotopic (exact) mass is 473 g/mol. The van der Waals surface area contributed by atoms with Gasteiger partial charge in [0.25, 0.3) is 0 Å².